The molecule has 0 saturated heterocycles. The van der Waals surface area contributed by atoms with Crippen molar-refractivity contribution in [1.82, 2.24) is 0 Å². The zero-order valence-electron chi connectivity index (χ0n) is 7.92. The van der Waals surface area contributed by atoms with Gasteiger partial charge in [0.25, 0.3) is 0 Å². The van der Waals surface area contributed by atoms with Gasteiger partial charge in [0.05, 0.1) is 0 Å². The topological polar surface area (TPSA) is 52.0 Å². The van der Waals surface area contributed by atoms with E-state index < -0.39 is 0 Å². The van der Waals surface area contributed by atoms with E-state index in [-0.39, 0.29) is 6.04 Å². The van der Waals surface area contributed by atoms with Crippen LogP contribution in [0.2, 0.25) is 0 Å². The number of rotatable bonds is 4. The van der Waals surface area contributed by atoms with E-state index in [0.29, 0.717) is 6.54 Å². The molecular weight excluding hydrogens is 148 g/mol. The number of hydrogen-bond acceptors (Lipinski definition) is 2. The maximum absolute atomic E-state index is 5.61. The lowest BCUT2D eigenvalue weighted by Gasteiger charge is -2.07. The highest BCUT2D eigenvalue weighted by Gasteiger charge is 1.99. The van der Waals surface area contributed by atoms with E-state index in [2.05, 4.69) is 19.7 Å². The van der Waals surface area contributed by atoms with Crippen LogP contribution >= 0.6 is 0 Å². The Morgan fingerprint density at radius 1 is 1.50 bits per heavy atom. The second-order valence-electron chi connectivity index (χ2n) is 2.27. The summed E-state index contributed by atoms with van der Waals surface area (Å²) in [6.07, 6.45) is 4.65. The molecule has 0 aromatic heterocycles. The highest BCUT2D eigenvalue weighted by atomic mass is 14.7. The van der Waals surface area contributed by atoms with Crippen LogP contribution in [-0.2, 0) is 0 Å². The summed E-state index contributed by atoms with van der Waals surface area (Å²) in [7, 11) is 0. The van der Waals surface area contributed by atoms with Crippen LogP contribution in [0.5, 0.6) is 0 Å². The van der Waals surface area contributed by atoms with Gasteiger partial charge in [0.2, 0.25) is 0 Å². The van der Waals surface area contributed by atoms with Crippen LogP contribution in [-0.4, -0.2) is 12.6 Å². The van der Waals surface area contributed by atoms with Crippen molar-refractivity contribution in [2.45, 2.75) is 19.4 Å². The minimum atomic E-state index is 0.0733. The molecule has 70 valence electrons. The predicted molar refractivity (Wildman–Crippen MR) is 56.9 cm³/mol. The van der Waals surface area contributed by atoms with Crippen LogP contribution in [0.15, 0.2) is 37.5 Å². The van der Waals surface area contributed by atoms with Gasteiger partial charge in [0, 0.05) is 12.6 Å². The van der Waals surface area contributed by atoms with Gasteiger partial charge in [-0.15, -0.1) is 13.2 Å². The second kappa shape index (κ2) is 10.1. The summed E-state index contributed by atoms with van der Waals surface area (Å²) in [5.41, 5.74) is 12.1. The van der Waals surface area contributed by atoms with Gasteiger partial charge in [0.1, 0.15) is 0 Å². The molecule has 0 aliphatic rings. The van der Waals surface area contributed by atoms with E-state index in [9.17, 15) is 0 Å². The van der Waals surface area contributed by atoms with Crippen molar-refractivity contribution in [3.05, 3.63) is 37.5 Å². The third-order valence-electron chi connectivity index (χ3n) is 1.43. The Balaban J connectivity index is 0. The first kappa shape index (κ1) is 13.7. The first-order valence-electron chi connectivity index (χ1n) is 3.97. The molecule has 4 N–H and O–H groups in total. The molecule has 0 aliphatic carbocycles. The Bertz CT molecular complexity index is 139. The lowest BCUT2D eigenvalue weighted by atomic mass is 10.1. The Kier molecular flexibility index (Phi) is 11.6. The molecule has 0 spiro atoms. The van der Waals surface area contributed by atoms with E-state index in [1.807, 2.05) is 19.1 Å². The summed E-state index contributed by atoms with van der Waals surface area (Å²) < 4.78 is 0. The standard InChI is InChI=1S/C8H16N2.C2H4/c1-3-7(4-2)5-8(10)6-9;1-2/h3-4,8H,1,5-6,9-10H2,2H3;1-2H2/b7-4+;. The van der Waals surface area contributed by atoms with E-state index in [0.717, 1.165) is 12.0 Å². The number of hydrogen-bond donors (Lipinski definition) is 2. The second-order valence-corrected chi connectivity index (χ2v) is 2.27. The average Bonchev–Trinajstić information content (AvgIpc) is 2.16. The molecule has 1 atom stereocenters. The summed E-state index contributed by atoms with van der Waals surface area (Å²) >= 11 is 0. The van der Waals surface area contributed by atoms with Crippen molar-refractivity contribution in [2.24, 2.45) is 11.5 Å². The van der Waals surface area contributed by atoms with Gasteiger partial charge in [-0.3, -0.25) is 0 Å². The lowest BCUT2D eigenvalue weighted by Crippen LogP contribution is -2.29. The van der Waals surface area contributed by atoms with Gasteiger partial charge < -0.3 is 11.5 Å². The van der Waals surface area contributed by atoms with Crippen LogP contribution in [0.3, 0.4) is 0 Å². The van der Waals surface area contributed by atoms with Crippen molar-refractivity contribution in [3.63, 3.8) is 0 Å². The monoisotopic (exact) mass is 168 g/mol. The molecular formula is C10H20N2. The Morgan fingerprint density at radius 2 is 2.00 bits per heavy atom. The van der Waals surface area contributed by atoms with E-state index in [4.69, 9.17) is 11.5 Å². The fourth-order valence-electron chi connectivity index (χ4n) is 0.705. The minimum absolute atomic E-state index is 0.0733. The van der Waals surface area contributed by atoms with Crippen molar-refractivity contribution in [3.8, 4) is 0 Å². The molecule has 12 heavy (non-hydrogen) atoms. The van der Waals surface area contributed by atoms with E-state index in [1.165, 1.54) is 0 Å². The predicted octanol–water partition coefficient (Wildman–Crippen LogP) is 1.60. The normalized spacial score (nSPS) is 12.8. The molecule has 0 rings (SSSR count). The van der Waals surface area contributed by atoms with Crippen LogP contribution in [0.25, 0.3) is 0 Å². The molecule has 2 heteroatoms. The summed E-state index contributed by atoms with van der Waals surface area (Å²) in [5, 5.41) is 0. The fourth-order valence-corrected chi connectivity index (χ4v) is 0.705. The number of allylic oxidation sites excluding steroid dienone is 2. The first-order valence-corrected chi connectivity index (χ1v) is 3.97. The SMILES string of the molecule is C=C.C=C/C(=C\C)CC(N)CN. The molecule has 0 aromatic carbocycles. The summed E-state index contributed by atoms with van der Waals surface area (Å²) in [6, 6.07) is 0.0733. The quantitative estimate of drug-likeness (QED) is 0.495. The molecule has 0 heterocycles. The van der Waals surface area contributed by atoms with Crippen molar-refractivity contribution < 1.29 is 0 Å². The van der Waals surface area contributed by atoms with Gasteiger partial charge in [0.15, 0.2) is 0 Å². The summed E-state index contributed by atoms with van der Waals surface area (Å²) in [4.78, 5) is 0. The van der Waals surface area contributed by atoms with Crippen LogP contribution < -0.4 is 11.5 Å². The van der Waals surface area contributed by atoms with Crippen LogP contribution in [0.1, 0.15) is 13.3 Å². The Morgan fingerprint density at radius 3 is 2.25 bits per heavy atom. The molecule has 1 unspecified atom stereocenters. The zero-order chi connectivity index (χ0) is 9.98. The molecule has 0 fully saturated rings. The maximum Gasteiger partial charge on any atom is 0.0203 e. The minimum Gasteiger partial charge on any atom is -0.329 e. The van der Waals surface area contributed by atoms with Gasteiger partial charge >= 0.3 is 0 Å². The van der Waals surface area contributed by atoms with Crippen molar-refractivity contribution >= 4 is 0 Å². The highest BCUT2D eigenvalue weighted by molar-refractivity contribution is 5.16. The van der Waals surface area contributed by atoms with Crippen LogP contribution in [0, 0.1) is 0 Å². The largest absolute Gasteiger partial charge is 0.329 e. The van der Waals surface area contributed by atoms with E-state index in [1.54, 1.807) is 0 Å². The van der Waals surface area contributed by atoms with Gasteiger partial charge in [-0.2, -0.15) is 0 Å². The van der Waals surface area contributed by atoms with Gasteiger partial charge in [-0.05, 0) is 13.3 Å². The molecule has 0 amide bonds. The Hall–Kier alpha value is -0.860. The molecule has 0 aromatic rings. The molecule has 0 aliphatic heterocycles. The highest BCUT2D eigenvalue weighted by Crippen LogP contribution is 2.03. The molecule has 2 nitrogen and oxygen atoms in total. The molecule has 0 radical (unpaired) electrons. The summed E-state index contributed by atoms with van der Waals surface area (Å²) in [5.74, 6) is 0. The molecule has 0 bridgehead atoms. The lowest BCUT2D eigenvalue weighted by molar-refractivity contribution is 0.680. The zero-order valence-corrected chi connectivity index (χ0v) is 7.92. The first-order chi connectivity index (χ1) is 5.74. The maximum atomic E-state index is 5.61. The average molecular weight is 168 g/mol. The third kappa shape index (κ3) is 7.25. The van der Waals surface area contributed by atoms with E-state index >= 15 is 0 Å². The number of nitrogens with two attached hydrogens (primary N) is 2. The molecule has 0 saturated carbocycles. The fraction of sp³-hybridized carbons (Fsp3) is 0.400. The van der Waals surface area contributed by atoms with Crippen molar-refractivity contribution in [2.75, 3.05) is 6.54 Å². The third-order valence-corrected chi connectivity index (χ3v) is 1.43. The summed E-state index contributed by atoms with van der Waals surface area (Å²) in [6.45, 7) is 12.2. The van der Waals surface area contributed by atoms with Crippen molar-refractivity contribution in [1.29, 1.82) is 0 Å². The Labute approximate surface area is 75.6 Å². The smallest absolute Gasteiger partial charge is 0.0203 e. The van der Waals surface area contributed by atoms with Gasteiger partial charge in [-0.25, -0.2) is 0 Å². The van der Waals surface area contributed by atoms with Crippen LogP contribution in [0.4, 0.5) is 0 Å². The van der Waals surface area contributed by atoms with Gasteiger partial charge in [-0.1, -0.05) is 24.3 Å².